The molecule has 2 rings (SSSR count). The van der Waals surface area contributed by atoms with Crippen molar-refractivity contribution < 1.29 is 22.6 Å². The van der Waals surface area contributed by atoms with E-state index in [1.165, 1.54) is 25.3 Å². The van der Waals surface area contributed by atoms with E-state index < -0.39 is 11.7 Å². The van der Waals surface area contributed by atoms with Crippen molar-refractivity contribution in [3.63, 3.8) is 0 Å². The number of benzene rings is 2. The van der Waals surface area contributed by atoms with Gasteiger partial charge in [-0.05, 0) is 30.3 Å². The predicted octanol–water partition coefficient (Wildman–Crippen LogP) is 4.09. The van der Waals surface area contributed by atoms with Gasteiger partial charge in [0.15, 0.2) is 0 Å². The van der Waals surface area contributed by atoms with Crippen LogP contribution >= 0.6 is 0 Å². The first-order chi connectivity index (χ1) is 9.40. The van der Waals surface area contributed by atoms with E-state index in [-0.39, 0.29) is 5.75 Å². The Balaban J connectivity index is 2.24. The number of hydrogen-bond acceptors (Lipinski definition) is 3. The topological polar surface area (TPSA) is 44.5 Å². The number of anilines is 1. The van der Waals surface area contributed by atoms with Crippen molar-refractivity contribution in [2.45, 2.75) is 6.18 Å². The van der Waals surface area contributed by atoms with Crippen LogP contribution in [0.5, 0.6) is 17.2 Å². The van der Waals surface area contributed by atoms with Crippen LogP contribution in [0.1, 0.15) is 5.56 Å². The van der Waals surface area contributed by atoms with E-state index in [4.69, 9.17) is 15.2 Å². The van der Waals surface area contributed by atoms with Crippen LogP contribution in [-0.2, 0) is 6.18 Å². The number of rotatable bonds is 3. The Hall–Kier alpha value is -2.37. The molecule has 2 N–H and O–H groups in total. The van der Waals surface area contributed by atoms with E-state index in [0.717, 1.165) is 12.1 Å². The van der Waals surface area contributed by atoms with Gasteiger partial charge in [0.2, 0.25) is 0 Å². The van der Waals surface area contributed by atoms with Crippen LogP contribution < -0.4 is 15.2 Å². The molecule has 0 radical (unpaired) electrons. The fraction of sp³-hybridized carbons (Fsp3) is 0.143. The Bertz CT molecular complexity index is 612. The maximum absolute atomic E-state index is 12.6. The molecule has 0 aromatic heterocycles. The Morgan fingerprint density at radius 2 is 1.70 bits per heavy atom. The molecule has 0 atom stereocenters. The minimum absolute atomic E-state index is 0.0874. The van der Waals surface area contributed by atoms with Crippen molar-refractivity contribution in [1.29, 1.82) is 0 Å². The van der Waals surface area contributed by atoms with Crippen molar-refractivity contribution in [2.24, 2.45) is 0 Å². The van der Waals surface area contributed by atoms with Crippen LogP contribution in [0.25, 0.3) is 0 Å². The molecule has 0 aliphatic rings. The Morgan fingerprint density at radius 1 is 1.00 bits per heavy atom. The van der Waals surface area contributed by atoms with Crippen LogP contribution in [0.2, 0.25) is 0 Å². The van der Waals surface area contributed by atoms with Crippen LogP contribution in [0.4, 0.5) is 18.9 Å². The lowest BCUT2D eigenvalue weighted by Crippen LogP contribution is -2.04. The second-order valence-corrected chi connectivity index (χ2v) is 4.03. The zero-order chi connectivity index (χ0) is 14.8. The fourth-order valence-corrected chi connectivity index (χ4v) is 1.65. The van der Waals surface area contributed by atoms with Crippen molar-refractivity contribution in [3.05, 3.63) is 48.0 Å². The molecule has 0 aliphatic carbocycles. The third-order valence-electron chi connectivity index (χ3n) is 2.60. The average Bonchev–Trinajstić information content (AvgIpc) is 2.38. The fourth-order valence-electron chi connectivity index (χ4n) is 1.65. The molecule has 0 saturated carbocycles. The molecule has 0 bridgehead atoms. The van der Waals surface area contributed by atoms with Crippen LogP contribution in [0.15, 0.2) is 42.5 Å². The summed E-state index contributed by atoms with van der Waals surface area (Å²) in [4.78, 5) is 0. The molecule has 0 saturated heterocycles. The van der Waals surface area contributed by atoms with Gasteiger partial charge < -0.3 is 15.2 Å². The van der Waals surface area contributed by atoms with Crippen LogP contribution in [-0.4, -0.2) is 7.11 Å². The van der Waals surface area contributed by atoms with Gasteiger partial charge in [-0.3, -0.25) is 0 Å². The number of methoxy groups -OCH3 is 1. The number of hydrogen-bond donors (Lipinski definition) is 1. The molecule has 3 nitrogen and oxygen atoms in total. The van der Waals surface area contributed by atoms with E-state index in [1.807, 2.05) is 0 Å². The highest BCUT2D eigenvalue weighted by Gasteiger charge is 2.30. The monoisotopic (exact) mass is 283 g/mol. The lowest BCUT2D eigenvalue weighted by atomic mass is 10.2. The number of halogens is 3. The molecule has 0 heterocycles. The van der Waals surface area contributed by atoms with Gasteiger partial charge in [0, 0.05) is 6.07 Å². The summed E-state index contributed by atoms with van der Waals surface area (Å²) < 4.78 is 48.1. The quantitative estimate of drug-likeness (QED) is 0.863. The van der Waals surface area contributed by atoms with Gasteiger partial charge in [-0.2, -0.15) is 13.2 Å². The van der Waals surface area contributed by atoms with Crippen molar-refractivity contribution in [3.8, 4) is 17.2 Å². The molecule has 0 amide bonds. The summed E-state index contributed by atoms with van der Waals surface area (Å²) in [6.45, 7) is 0. The first-order valence-corrected chi connectivity index (χ1v) is 5.69. The number of nitrogen functional groups attached to an aromatic ring is 1. The van der Waals surface area contributed by atoms with Crippen molar-refractivity contribution >= 4 is 5.69 Å². The molecule has 0 fully saturated rings. The molecule has 2 aromatic rings. The summed E-state index contributed by atoms with van der Waals surface area (Å²) in [5, 5.41) is 0. The second-order valence-electron chi connectivity index (χ2n) is 4.03. The summed E-state index contributed by atoms with van der Waals surface area (Å²) in [5.41, 5.74) is 5.28. The minimum atomic E-state index is -4.40. The maximum atomic E-state index is 12.6. The van der Waals surface area contributed by atoms with E-state index >= 15 is 0 Å². The van der Waals surface area contributed by atoms with Gasteiger partial charge in [-0.15, -0.1) is 0 Å². The average molecular weight is 283 g/mol. The molecule has 2 aromatic carbocycles. The van der Waals surface area contributed by atoms with E-state index in [1.54, 1.807) is 12.1 Å². The van der Waals surface area contributed by atoms with Gasteiger partial charge in [0.05, 0.1) is 18.4 Å². The summed E-state index contributed by atoms with van der Waals surface area (Å²) in [6, 6.07) is 9.27. The SMILES string of the molecule is COc1ccc(Oc2cccc(C(F)(F)F)c2)cc1N. The third kappa shape index (κ3) is 3.14. The lowest BCUT2D eigenvalue weighted by Gasteiger charge is -2.11. The van der Waals surface area contributed by atoms with Crippen molar-refractivity contribution in [1.82, 2.24) is 0 Å². The Labute approximate surface area is 113 Å². The molecule has 0 unspecified atom stereocenters. The van der Waals surface area contributed by atoms with Gasteiger partial charge in [-0.1, -0.05) is 6.07 Å². The second kappa shape index (κ2) is 5.32. The van der Waals surface area contributed by atoms with Gasteiger partial charge in [0.25, 0.3) is 0 Å². The molecule has 0 spiro atoms. The first kappa shape index (κ1) is 14.0. The maximum Gasteiger partial charge on any atom is 0.416 e. The van der Waals surface area contributed by atoms with Crippen molar-refractivity contribution in [2.75, 3.05) is 12.8 Å². The van der Waals surface area contributed by atoms with Crippen LogP contribution in [0.3, 0.4) is 0 Å². The predicted molar refractivity (Wildman–Crippen MR) is 68.9 cm³/mol. The highest BCUT2D eigenvalue weighted by molar-refractivity contribution is 5.56. The normalized spacial score (nSPS) is 11.2. The minimum Gasteiger partial charge on any atom is -0.495 e. The first-order valence-electron chi connectivity index (χ1n) is 5.69. The highest BCUT2D eigenvalue weighted by Crippen LogP contribution is 2.34. The third-order valence-corrected chi connectivity index (χ3v) is 2.60. The number of ether oxygens (including phenoxy) is 2. The summed E-state index contributed by atoms with van der Waals surface area (Å²) in [5.74, 6) is 0.897. The van der Waals surface area contributed by atoms with E-state index in [0.29, 0.717) is 17.2 Å². The lowest BCUT2D eigenvalue weighted by molar-refractivity contribution is -0.137. The zero-order valence-corrected chi connectivity index (χ0v) is 10.6. The summed E-state index contributed by atoms with van der Waals surface area (Å²) in [6.07, 6.45) is -4.40. The summed E-state index contributed by atoms with van der Waals surface area (Å²) in [7, 11) is 1.47. The van der Waals surface area contributed by atoms with Gasteiger partial charge >= 0.3 is 6.18 Å². The smallest absolute Gasteiger partial charge is 0.416 e. The largest absolute Gasteiger partial charge is 0.495 e. The van der Waals surface area contributed by atoms with Crippen LogP contribution in [0, 0.1) is 0 Å². The van der Waals surface area contributed by atoms with Gasteiger partial charge in [0.1, 0.15) is 17.2 Å². The summed E-state index contributed by atoms with van der Waals surface area (Å²) >= 11 is 0. The molecule has 0 aliphatic heterocycles. The molecule has 6 heteroatoms. The Morgan fingerprint density at radius 3 is 2.30 bits per heavy atom. The van der Waals surface area contributed by atoms with E-state index in [2.05, 4.69) is 0 Å². The van der Waals surface area contributed by atoms with E-state index in [9.17, 15) is 13.2 Å². The standard InChI is InChI=1S/C14H12F3NO2/c1-19-13-6-5-11(8-12(13)18)20-10-4-2-3-9(7-10)14(15,16)17/h2-8H,18H2,1H3. The highest BCUT2D eigenvalue weighted by atomic mass is 19.4. The molecular formula is C14H12F3NO2. The molecule has 106 valence electrons. The molecular weight excluding hydrogens is 271 g/mol. The van der Waals surface area contributed by atoms with Gasteiger partial charge in [-0.25, -0.2) is 0 Å². The zero-order valence-electron chi connectivity index (χ0n) is 10.6. The Kier molecular flexibility index (Phi) is 3.74. The molecule has 20 heavy (non-hydrogen) atoms. The number of alkyl halides is 3. The number of nitrogens with two attached hydrogens (primary N) is 1.